The van der Waals surface area contributed by atoms with Gasteiger partial charge in [0.05, 0.1) is 7.11 Å². The van der Waals surface area contributed by atoms with Gasteiger partial charge >= 0.3 is 0 Å². The largest absolute Gasteiger partial charge is 0.497 e. The minimum Gasteiger partial charge on any atom is -0.497 e. The molecule has 2 N–H and O–H groups in total. The van der Waals surface area contributed by atoms with Crippen LogP contribution in [0.25, 0.3) is 0 Å². The molecule has 2 saturated heterocycles. The molecule has 2 aliphatic heterocycles. The molecule has 1 aromatic rings. The monoisotopic (exact) mass is 366 g/mol. The number of amides is 1. The van der Waals surface area contributed by atoms with Crippen molar-refractivity contribution in [3.63, 3.8) is 0 Å². The minimum absolute atomic E-state index is 0. The Morgan fingerprint density at radius 3 is 2.36 bits per heavy atom. The van der Waals surface area contributed by atoms with Crippen LogP contribution in [0.1, 0.15) is 51.5 Å². The smallest absolute Gasteiger partial charge is 0.220 e. The number of carbonyl (C=O) groups is 1. The van der Waals surface area contributed by atoms with Crippen LogP contribution in [0.15, 0.2) is 24.3 Å². The van der Waals surface area contributed by atoms with Crippen molar-refractivity contribution in [1.82, 2.24) is 10.6 Å². The Morgan fingerprint density at radius 2 is 1.80 bits per heavy atom. The van der Waals surface area contributed by atoms with E-state index in [1.807, 2.05) is 12.1 Å². The Balaban J connectivity index is 0.00000225. The van der Waals surface area contributed by atoms with Gasteiger partial charge < -0.3 is 15.4 Å². The van der Waals surface area contributed by atoms with Crippen LogP contribution in [0.2, 0.25) is 0 Å². The lowest BCUT2D eigenvalue weighted by Gasteiger charge is -2.30. The molecule has 1 amide bonds. The van der Waals surface area contributed by atoms with Crippen LogP contribution in [0, 0.1) is 5.92 Å². The number of fused-ring (bicyclic) bond motifs is 2. The molecule has 2 aliphatic rings. The van der Waals surface area contributed by atoms with Gasteiger partial charge in [0.15, 0.2) is 0 Å². The molecule has 140 valence electrons. The van der Waals surface area contributed by atoms with Gasteiger partial charge in [0.1, 0.15) is 5.75 Å². The van der Waals surface area contributed by atoms with E-state index in [2.05, 4.69) is 36.6 Å². The van der Waals surface area contributed by atoms with Crippen LogP contribution in [0.3, 0.4) is 0 Å². The van der Waals surface area contributed by atoms with Crippen molar-refractivity contribution < 1.29 is 9.53 Å². The van der Waals surface area contributed by atoms with Crippen molar-refractivity contribution in [2.24, 2.45) is 5.92 Å². The summed E-state index contributed by atoms with van der Waals surface area (Å²) in [5.74, 6) is 1.61. The van der Waals surface area contributed by atoms with E-state index in [-0.39, 0.29) is 23.7 Å². The molecular weight excluding hydrogens is 336 g/mol. The van der Waals surface area contributed by atoms with Crippen molar-refractivity contribution in [3.05, 3.63) is 29.8 Å². The van der Waals surface area contributed by atoms with Crippen LogP contribution in [-0.2, 0) is 10.2 Å². The van der Waals surface area contributed by atoms with E-state index >= 15 is 0 Å². The Kier molecular flexibility index (Phi) is 6.75. The lowest BCUT2D eigenvalue weighted by molar-refractivity contribution is -0.122. The van der Waals surface area contributed by atoms with Gasteiger partial charge in [-0.25, -0.2) is 0 Å². The zero-order chi connectivity index (χ0) is 17.2. The van der Waals surface area contributed by atoms with E-state index in [4.69, 9.17) is 4.74 Å². The number of rotatable bonds is 6. The zero-order valence-electron chi connectivity index (χ0n) is 15.5. The highest BCUT2D eigenvalue weighted by atomic mass is 35.5. The molecule has 25 heavy (non-hydrogen) atoms. The number of benzene rings is 1. The summed E-state index contributed by atoms with van der Waals surface area (Å²) in [7, 11) is 1.67. The number of nitrogens with one attached hydrogen (secondary N) is 2. The van der Waals surface area contributed by atoms with E-state index < -0.39 is 0 Å². The van der Waals surface area contributed by atoms with Gasteiger partial charge in [-0.05, 0) is 49.3 Å². The zero-order valence-corrected chi connectivity index (χ0v) is 16.3. The average molecular weight is 367 g/mol. The highest BCUT2D eigenvalue weighted by Crippen LogP contribution is 2.32. The van der Waals surface area contributed by atoms with Gasteiger partial charge in [0.25, 0.3) is 0 Å². The third kappa shape index (κ3) is 5.11. The van der Waals surface area contributed by atoms with Gasteiger partial charge in [-0.2, -0.15) is 0 Å². The van der Waals surface area contributed by atoms with Crippen molar-refractivity contribution in [3.8, 4) is 5.75 Å². The van der Waals surface area contributed by atoms with Gasteiger partial charge in [-0.1, -0.05) is 26.0 Å². The van der Waals surface area contributed by atoms with Crippen LogP contribution in [0.4, 0.5) is 0 Å². The number of piperidine rings is 1. The first-order valence-electron chi connectivity index (χ1n) is 9.13. The predicted octanol–water partition coefficient (Wildman–Crippen LogP) is 3.43. The molecule has 0 aliphatic carbocycles. The highest BCUT2D eigenvalue weighted by molar-refractivity contribution is 5.85. The second-order valence-corrected chi connectivity index (χ2v) is 8.07. The molecule has 2 heterocycles. The topological polar surface area (TPSA) is 50.4 Å². The Labute approximate surface area is 157 Å². The van der Waals surface area contributed by atoms with Crippen LogP contribution in [0.5, 0.6) is 5.75 Å². The second kappa shape index (κ2) is 8.41. The highest BCUT2D eigenvalue weighted by Gasteiger charge is 2.34. The first-order valence-corrected chi connectivity index (χ1v) is 9.13. The minimum atomic E-state index is -0.0882. The molecular formula is C20H31ClN2O2. The normalized spacial score (nSPS) is 25.2. The van der Waals surface area contributed by atoms with Crippen molar-refractivity contribution in [1.29, 1.82) is 0 Å². The maximum Gasteiger partial charge on any atom is 0.220 e. The summed E-state index contributed by atoms with van der Waals surface area (Å²) in [5, 5.41) is 6.80. The van der Waals surface area contributed by atoms with Gasteiger partial charge in [0.2, 0.25) is 5.91 Å². The average Bonchev–Trinajstić information content (AvgIpc) is 2.92. The number of carbonyl (C=O) groups excluding carboxylic acids is 1. The first-order chi connectivity index (χ1) is 11.5. The summed E-state index contributed by atoms with van der Waals surface area (Å²) in [5.41, 5.74) is 1.12. The number of hydrogen-bond donors (Lipinski definition) is 2. The third-order valence-electron chi connectivity index (χ3n) is 5.64. The lowest BCUT2D eigenvalue weighted by atomic mass is 9.84. The summed E-state index contributed by atoms with van der Waals surface area (Å²) < 4.78 is 5.21. The predicted molar refractivity (Wildman–Crippen MR) is 104 cm³/mol. The molecule has 2 fully saturated rings. The summed E-state index contributed by atoms with van der Waals surface area (Å²) in [6.07, 6.45) is 5.56. The van der Waals surface area contributed by atoms with Gasteiger partial charge in [-0.15, -0.1) is 12.4 Å². The molecule has 2 bridgehead atoms. The Hall–Kier alpha value is -1.26. The molecule has 0 spiro atoms. The summed E-state index contributed by atoms with van der Waals surface area (Å²) in [6, 6.07) is 9.41. The lowest BCUT2D eigenvalue weighted by Crippen LogP contribution is -2.41. The number of ether oxygens (including phenoxy) is 1. The maximum atomic E-state index is 12.4. The fourth-order valence-corrected chi connectivity index (χ4v) is 4.14. The van der Waals surface area contributed by atoms with Crippen LogP contribution in [-0.4, -0.2) is 31.6 Å². The SMILES string of the molecule is COc1ccc(C(C)(C)CNC(=O)CC2CC3CCC(C2)N3)cc1.Cl. The van der Waals surface area contributed by atoms with E-state index in [0.29, 0.717) is 31.0 Å². The molecule has 2 unspecified atom stereocenters. The van der Waals surface area contributed by atoms with Gasteiger partial charge in [-0.3, -0.25) is 4.79 Å². The summed E-state index contributed by atoms with van der Waals surface area (Å²) in [4.78, 5) is 12.4. The van der Waals surface area contributed by atoms with Crippen molar-refractivity contribution in [2.75, 3.05) is 13.7 Å². The second-order valence-electron chi connectivity index (χ2n) is 8.07. The quantitative estimate of drug-likeness (QED) is 0.810. The third-order valence-corrected chi connectivity index (χ3v) is 5.64. The standard InChI is InChI=1S/C20H30N2O2.ClH/c1-20(2,15-4-8-18(24-3)9-5-15)13-21-19(23)12-14-10-16-6-7-17(11-14)22-16;/h4-5,8-9,14,16-17,22H,6-7,10-13H2,1-3H3,(H,21,23);1H. The molecule has 3 rings (SSSR count). The van der Waals surface area contributed by atoms with E-state index in [1.54, 1.807) is 7.11 Å². The van der Waals surface area contributed by atoms with E-state index in [9.17, 15) is 4.79 Å². The van der Waals surface area contributed by atoms with Gasteiger partial charge in [0, 0.05) is 30.5 Å². The number of hydrogen-bond acceptors (Lipinski definition) is 3. The van der Waals surface area contributed by atoms with Crippen LogP contribution < -0.4 is 15.4 Å². The summed E-state index contributed by atoms with van der Waals surface area (Å²) >= 11 is 0. The van der Waals surface area contributed by atoms with E-state index in [1.165, 1.54) is 18.4 Å². The summed E-state index contributed by atoms with van der Waals surface area (Å²) in [6.45, 7) is 5.00. The molecule has 0 aromatic heterocycles. The van der Waals surface area contributed by atoms with Crippen molar-refractivity contribution >= 4 is 18.3 Å². The first kappa shape index (κ1) is 20.1. The Morgan fingerprint density at radius 1 is 1.20 bits per heavy atom. The molecule has 2 atom stereocenters. The van der Waals surface area contributed by atoms with Crippen LogP contribution >= 0.6 is 12.4 Å². The van der Waals surface area contributed by atoms with E-state index in [0.717, 1.165) is 18.6 Å². The molecule has 4 nitrogen and oxygen atoms in total. The molecule has 0 radical (unpaired) electrons. The fourth-order valence-electron chi connectivity index (χ4n) is 4.14. The molecule has 0 saturated carbocycles. The number of halogens is 1. The molecule has 1 aromatic carbocycles. The Bertz CT molecular complexity index is 562. The maximum absolute atomic E-state index is 12.4. The fraction of sp³-hybridized carbons (Fsp3) is 0.650. The van der Waals surface area contributed by atoms with Crippen molar-refractivity contribution in [2.45, 2.75) is 63.5 Å². The molecule has 5 heteroatoms. The number of methoxy groups -OCH3 is 1.